The largest absolute Gasteiger partial charge is 0.459 e. The highest BCUT2D eigenvalue weighted by molar-refractivity contribution is 5.89. The van der Waals surface area contributed by atoms with Crippen LogP contribution in [0.5, 0.6) is 0 Å². The molecule has 1 aromatic carbocycles. The number of hydrogen-bond donors (Lipinski definition) is 1. The number of ether oxygens (including phenoxy) is 3. The van der Waals surface area contributed by atoms with Crippen molar-refractivity contribution in [1.82, 2.24) is 0 Å². The maximum Gasteiger partial charge on any atom is 0.338 e. The fraction of sp³-hybridized carbons (Fsp3) is 0.500. The summed E-state index contributed by atoms with van der Waals surface area (Å²) >= 11 is 0. The summed E-state index contributed by atoms with van der Waals surface area (Å²) in [6, 6.07) is 8.73. The zero-order valence-corrected chi connectivity index (χ0v) is 11.0. The third kappa shape index (κ3) is 3.53. The third-order valence-electron chi connectivity index (χ3n) is 2.85. The molecule has 5 heteroatoms. The van der Waals surface area contributed by atoms with E-state index in [2.05, 4.69) is 0 Å². The summed E-state index contributed by atoms with van der Waals surface area (Å²) in [6.45, 7) is 3.41. The minimum absolute atomic E-state index is 0.0579. The van der Waals surface area contributed by atoms with Crippen molar-refractivity contribution in [3.05, 3.63) is 35.9 Å². The number of esters is 1. The van der Waals surface area contributed by atoms with Gasteiger partial charge in [-0.25, -0.2) is 4.79 Å². The van der Waals surface area contributed by atoms with Crippen LogP contribution < -0.4 is 0 Å². The fourth-order valence-electron chi connectivity index (χ4n) is 2.02. The molecular weight excluding hydrogens is 248 g/mol. The van der Waals surface area contributed by atoms with E-state index >= 15 is 0 Å². The molecular formula is C14H18O5. The van der Waals surface area contributed by atoms with Gasteiger partial charge in [0, 0.05) is 0 Å². The van der Waals surface area contributed by atoms with Crippen LogP contribution in [0.25, 0.3) is 0 Å². The first-order valence-corrected chi connectivity index (χ1v) is 6.20. The van der Waals surface area contributed by atoms with Gasteiger partial charge >= 0.3 is 5.97 Å². The molecule has 2 atom stereocenters. The van der Waals surface area contributed by atoms with Crippen molar-refractivity contribution in [2.45, 2.75) is 31.8 Å². The standard InChI is InChI=1S/C14H18O5/c1-14(2)18-11(8-15)12(19-14)9-17-13(16)10-6-4-3-5-7-10/h3-7,11-12,15H,8-9H2,1-2H3/t11-,12-/m0/s1. The van der Waals surface area contributed by atoms with E-state index in [1.807, 2.05) is 6.07 Å². The van der Waals surface area contributed by atoms with E-state index in [1.54, 1.807) is 38.1 Å². The van der Waals surface area contributed by atoms with Gasteiger partial charge in [0.25, 0.3) is 0 Å². The molecule has 1 fully saturated rings. The van der Waals surface area contributed by atoms with E-state index in [-0.39, 0.29) is 13.2 Å². The van der Waals surface area contributed by atoms with Crippen LogP contribution in [0.2, 0.25) is 0 Å². The maximum absolute atomic E-state index is 11.8. The summed E-state index contributed by atoms with van der Waals surface area (Å²) in [5, 5.41) is 9.21. The van der Waals surface area contributed by atoms with Gasteiger partial charge in [-0.05, 0) is 26.0 Å². The highest BCUT2D eigenvalue weighted by Gasteiger charge is 2.41. The zero-order chi connectivity index (χ0) is 13.9. The molecule has 104 valence electrons. The molecule has 1 heterocycles. The second-order valence-electron chi connectivity index (χ2n) is 4.86. The Bertz CT molecular complexity index is 429. The van der Waals surface area contributed by atoms with Gasteiger partial charge < -0.3 is 19.3 Å². The zero-order valence-electron chi connectivity index (χ0n) is 11.0. The number of aliphatic hydroxyl groups excluding tert-OH is 1. The molecule has 1 aromatic rings. The number of benzene rings is 1. The summed E-state index contributed by atoms with van der Waals surface area (Å²) in [4.78, 5) is 11.8. The van der Waals surface area contributed by atoms with Gasteiger partial charge in [0.05, 0.1) is 12.2 Å². The van der Waals surface area contributed by atoms with Gasteiger partial charge in [-0.1, -0.05) is 18.2 Å². The first-order chi connectivity index (χ1) is 9.02. The highest BCUT2D eigenvalue weighted by Crippen LogP contribution is 2.28. The molecule has 1 N–H and O–H groups in total. The van der Waals surface area contributed by atoms with Gasteiger partial charge in [0.2, 0.25) is 0 Å². The Kier molecular flexibility index (Phi) is 4.19. The quantitative estimate of drug-likeness (QED) is 0.833. The Morgan fingerprint density at radius 1 is 1.26 bits per heavy atom. The van der Waals surface area contributed by atoms with E-state index in [0.717, 1.165) is 0 Å². The molecule has 1 aliphatic rings. The van der Waals surface area contributed by atoms with Gasteiger partial charge in [-0.2, -0.15) is 0 Å². The van der Waals surface area contributed by atoms with Crippen LogP contribution in [0, 0.1) is 0 Å². The molecule has 0 saturated carbocycles. The highest BCUT2D eigenvalue weighted by atomic mass is 16.8. The van der Waals surface area contributed by atoms with Gasteiger partial charge in [-0.3, -0.25) is 0 Å². The van der Waals surface area contributed by atoms with Crippen LogP contribution in [0.15, 0.2) is 30.3 Å². The number of hydrogen-bond acceptors (Lipinski definition) is 5. The Morgan fingerprint density at radius 2 is 1.89 bits per heavy atom. The van der Waals surface area contributed by atoms with Crippen molar-refractivity contribution in [1.29, 1.82) is 0 Å². The molecule has 0 unspecified atom stereocenters. The van der Waals surface area contributed by atoms with Gasteiger partial charge in [-0.15, -0.1) is 0 Å². The molecule has 2 rings (SSSR count). The van der Waals surface area contributed by atoms with Crippen LogP contribution in [-0.4, -0.2) is 42.3 Å². The molecule has 0 aliphatic carbocycles. The van der Waals surface area contributed by atoms with E-state index in [4.69, 9.17) is 14.2 Å². The average molecular weight is 266 g/mol. The van der Waals surface area contributed by atoms with Crippen LogP contribution in [0.4, 0.5) is 0 Å². The van der Waals surface area contributed by atoms with Crippen LogP contribution >= 0.6 is 0 Å². The topological polar surface area (TPSA) is 65.0 Å². The maximum atomic E-state index is 11.8. The Hall–Kier alpha value is -1.43. The monoisotopic (exact) mass is 266 g/mol. The number of rotatable bonds is 4. The lowest BCUT2D eigenvalue weighted by Gasteiger charge is -2.16. The van der Waals surface area contributed by atoms with Crippen molar-refractivity contribution >= 4 is 5.97 Å². The number of carbonyl (C=O) groups is 1. The fourth-order valence-corrected chi connectivity index (χ4v) is 2.02. The molecule has 0 radical (unpaired) electrons. The molecule has 19 heavy (non-hydrogen) atoms. The summed E-state index contributed by atoms with van der Waals surface area (Å²) < 4.78 is 16.2. The van der Waals surface area contributed by atoms with Crippen molar-refractivity contribution in [3.63, 3.8) is 0 Å². The van der Waals surface area contributed by atoms with Crippen molar-refractivity contribution in [2.75, 3.05) is 13.2 Å². The predicted molar refractivity (Wildman–Crippen MR) is 67.6 cm³/mol. The Morgan fingerprint density at radius 3 is 2.53 bits per heavy atom. The lowest BCUT2D eigenvalue weighted by Crippen LogP contribution is -2.31. The first kappa shape index (κ1) is 14.0. The lowest BCUT2D eigenvalue weighted by atomic mass is 10.2. The predicted octanol–water partition coefficient (Wildman–Crippen LogP) is 1.36. The summed E-state index contributed by atoms with van der Waals surface area (Å²) in [6.07, 6.45) is -0.925. The minimum Gasteiger partial charge on any atom is -0.459 e. The average Bonchev–Trinajstić information content (AvgIpc) is 2.71. The summed E-state index contributed by atoms with van der Waals surface area (Å²) in [5.74, 6) is -1.18. The van der Waals surface area contributed by atoms with Crippen molar-refractivity contribution in [2.24, 2.45) is 0 Å². The first-order valence-electron chi connectivity index (χ1n) is 6.20. The molecule has 5 nitrogen and oxygen atoms in total. The second kappa shape index (κ2) is 5.69. The van der Waals surface area contributed by atoms with E-state index in [9.17, 15) is 9.90 Å². The van der Waals surface area contributed by atoms with E-state index < -0.39 is 24.0 Å². The smallest absolute Gasteiger partial charge is 0.338 e. The lowest BCUT2D eigenvalue weighted by molar-refractivity contribution is -0.151. The van der Waals surface area contributed by atoms with Gasteiger partial charge in [0.15, 0.2) is 5.79 Å². The summed E-state index contributed by atoms with van der Waals surface area (Å²) in [5.41, 5.74) is 0.487. The summed E-state index contributed by atoms with van der Waals surface area (Å²) in [7, 11) is 0. The van der Waals surface area contributed by atoms with Gasteiger partial charge in [0.1, 0.15) is 18.8 Å². The molecule has 0 bridgehead atoms. The molecule has 0 amide bonds. The molecule has 0 spiro atoms. The minimum atomic E-state index is -0.767. The van der Waals surface area contributed by atoms with Crippen molar-refractivity contribution in [3.8, 4) is 0 Å². The van der Waals surface area contributed by atoms with Crippen LogP contribution in [0.3, 0.4) is 0 Å². The molecule has 1 saturated heterocycles. The number of aliphatic hydroxyl groups is 1. The Balaban J connectivity index is 1.90. The van der Waals surface area contributed by atoms with E-state index in [0.29, 0.717) is 5.56 Å². The van der Waals surface area contributed by atoms with Crippen LogP contribution in [0.1, 0.15) is 24.2 Å². The van der Waals surface area contributed by atoms with Crippen molar-refractivity contribution < 1.29 is 24.1 Å². The van der Waals surface area contributed by atoms with Crippen LogP contribution in [-0.2, 0) is 14.2 Å². The molecule has 1 aliphatic heterocycles. The second-order valence-corrected chi connectivity index (χ2v) is 4.86. The SMILES string of the molecule is CC1(C)O[C@@H](CO)[C@H](COC(=O)c2ccccc2)O1. The Labute approximate surface area is 112 Å². The van der Waals surface area contributed by atoms with E-state index in [1.165, 1.54) is 0 Å². The third-order valence-corrected chi connectivity index (χ3v) is 2.85. The number of carbonyl (C=O) groups excluding carboxylic acids is 1. The normalized spacial score (nSPS) is 25.2. The molecule has 0 aromatic heterocycles.